The summed E-state index contributed by atoms with van der Waals surface area (Å²) in [5.74, 6) is -1.24. The predicted octanol–water partition coefficient (Wildman–Crippen LogP) is 5.44. The maximum Gasteiger partial charge on any atom is 0.389 e. The van der Waals surface area contributed by atoms with E-state index in [0.717, 1.165) is 11.6 Å². The van der Waals surface area contributed by atoms with Gasteiger partial charge in [-0.15, -0.1) is 0 Å². The highest BCUT2D eigenvalue weighted by molar-refractivity contribution is 5.65. The molecule has 2 aromatic rings. The number of benzene rings is 2. The van der Waals surface area contributed by atoms with Crippen LogP contribution in [-0.2, 0) is 6.42 Å². The van der Waals surface area contributed by atoms with E-state index in [1.807, 2.05) is 0 Å². The molecular weight excluding hydrogens is 287 g/mol. The maximum absolute atomic E-state index is 13.8. The highest BCUT2D eigenvalue weighted by atomic mass is 19.4. The molecule has 5 heteroatoms. The molecule has 0 radical (unpaired) electrons. The molecule has 0 spiro atoms. The van der Waals surface area contributed by atoms with Gasteiger partial charge < -0.3 is 0 Å². The van der Waals surface area contributed by atoms with E-state index in [2.05, 4.69) is 0 Å². The molecular formula is C16H13F5. The average Bonchev–Trinajstić information content (AvgIpc) is 2.36. The van der Waals surface area contributed by atoms with Gasteiger partial charge in [-0.2, -0.15) is 13.2 Å². The molecule has 0 aliphatic rings. The average molecular weight is 300 g/mol. The van der Waals surface area contributed by atoms with Crippen molar-refractivity contribution in [3.8, 4) is 11.1 Å². The number of aryl methyl sites for hydroxylation is 2. The zero-order valence-electron chi connectivity index (χ0n) is 11.3. The molecule has 0 aromatic heterocycles. The molecule has 0 aliphatic carbocycles. The van der Waals surface area contributed by atoms with E-state index in [1.165, 1.54) is 24.3 Å². The van der Waals surface area contributed by atoms with Gasteiger partial charge in [-0.1, -0.05) is 24.3 Å². The van der Waals surface area contributed by atoms with Gasteiger partial charge in [0, 0.05) is 12.0 Å². The molecule has 0 nitrogen and oxygen atoms in total. The van der Waals surface area contributed by atoms with Crippen molar-refractivity contribution in [1.82, 2.24) is 0 Å². The van der Waals surface area contributed by atoms with Crippen molar-refractivity contribution < 1.29 is 22.0 Å². The number of halogens is 5. The van der Waals surface area contributed by atoms with E-state index < -0.39 is 30.7 Å². The largest absolute Gasteiger partial charge is 0.389 e. The van der Waals surface area contributed by atoms with E-state index in [-0.39, 0.29) is 11.1 Å². The second kappa shape index (κ2) is 5.84. The summed E-state index contributed by atoms with van der Waals surface area (Å²) in [6, 6.07) is 8.31. The van der Waals surface area contributed by atoms with Crippen LogP contribution in [0.5, 0.6) is 0 Å². The van der Waals surface area contributed by atoms with Crippen molar-refractivity contribution in [3.05, 3.63) is 59.2 Å². The first kappa shape index (κ1) is 15.5. The Kier molecular flexibility index (Phi) is 4.30. The Labute approximate surface area is 119 Å². The Bertz CT molecular complexity index is 644. The standard InChI is InChI=1S/C16H13F5/c1-10-2-5-13(15(18)8-10)12-4-3-11(14(17)9-12)6-7-16(19,20)21/h2-5,8-9H,6-7H2,1H3. The second-order valence-corrected chi connectivity index (χ2v) is 4.90. The van der Waals surface area contributed by atoms with Crippen molar-refractivity contribution in [2.75, 3.05) is 0 Å². The van der Waals surface area contributed by atoms with Crippen LogP contribution in [-0.4, -0.2) is 6.18 Å². The fraction of sp³-hybridized carbons (Fsp3) is 0.250. The molecule has 112 valence electrons. The molecule has 0 atom stereocenters. The summed E-state index contributed by atoms with van der Waals surface area (Å²) in [5.41, 5.74) is 1.24. The summed E-state index contributed by atoms with van der Waals surface area (Å²) in [5, 5.41) is 0. The van der Waals surface area contributed by atoms with Gasteiger partial charge in [0.25, 0.3) is 0 Å². The normalized spacial score (nSPS) is 11.7. The predicted molar refractivity (Wildman–Crippen MR) is 70.9 cm³/mol. The first-order valence-corrected chi connectivity index (χ1v) is 6.38. The number of rotatable bonds is 3. The zero-order chi connectivity index (χ0) is 15.6. The van der Waals surface area contributed by atoms with Gasteiger partial charge in [0.15, 0.2) is 0 Å². The smallest absolute Gasteiger partial charge is 0.207 e. The minimum absolute atomic E-state index is 0.0244. The molecule has 0 heterocycles. The summed E-state index contributed by atoms with van der Waals surface area (Å²) in [4.78, 5) is 0. The number of hydrogen-bond acceptors (Lipinski definition) is 0. The van der Waals surface area contributed by atoms with Crippen LogP contribution in [0.2, 0.25) is 0 Å². The second-order valence-electron chi connectivity index (χ2n) is 4.90. The summed E-state index contributed by atoms with van der Waals surface area (Å²) in [6.07, 6.45) is -5.83. The molecule has 2 aromatic carbocycles. The Hall–Kier alpha value is -1.91. The summed E-state index contributed by atoms with van der Waals surface area (Å²) in [7, 11) is 0. The van der Waals surface area contributed by atoms with Crippen molar-refractivity contribution in [2.24, 2.45) is 0 Å². The molecule has 0 N–H and O–H groups in total. The van der Waals surface area contributed by atoms with Gasteiger partial charge in [0.1, 0.15) is 11.6 Å². The molecule has 0 unspecified atom stereocenters. The maximum atomic E-state index is 13.8. The Balaban J connectivity index is 2.26. The Morgan fingerprint density at radius 2 is 1.62 bits per heavy atom. The van der Waals surface area contributed by atoms with Gasteiger partial charge in [0.2, 0.25) is 0 Å². The van der Waals surface area contributed by atoms with E-state index in [0.29, 0.717) is 5.56 Å². The van der Waals surface area contributed by atoms with Gasteiger partial charge in [-0.3, -0.25) is 0 Å². The van der Waals surface area contributed by atoms with Gasteiger partial charge in [-0.25, -0.2) is 8.78 Å². The summed E-state index contributed by atoms with van der Waals surface area (Å²) >= 11 is 0. The molecule has 21 heavy (non-hydrogen) atoms. The van der Waals surface area contributed by atoms with Crippen molar-refractivity contribution in [1.29, 1.82) is 0 Å². The lowest BCUT2D eigenvalue weighted by Gasteiger charge is -2.09. The Morgan fingerprint density at radius 1 is 0.905 bits per heavy atom. The third-order valence-corrected chi connectivity index (χ3v) is 3.17. The van der Waals surface area contributed by atoms with Gasteiger partial charge in [-0.05, 0) is 42.2 Å². The highest BCUT2D eigenvalue weighted by Gasteiger charge is 2.27. The quantitative estimate of drug-likeness (QED) is 0.663. The SMILES string of the molecule is Cc1ccc(-c2ccc(CCC(F)(F)F)c(F)c2)c(F)c1. The van der Waals surface area contributed by atoms with Crippen LogP contribution < -0.4 is 0 Å². The van der Waals surface area contributed by atoms with Crippen LogP contribution in [0.15, 0.2) is 36.4 Å². The lowest BCUT2D eigenvalue weighted by atomic mass is 10.00. The summed E-state index contributed by atoms with van der Waals surface area (Å²) < 4.78 is 64.0. The molecule has 0 amide bonds. The number of alkyl halides is 3. The molecule has 0 bridgehead atoms. The molecule has 0 aliphatic heterocycles. The monoisotopic (exact) mass is 300 g/mol. The first-order valence-electron chi connectivity index (χ1n) is 6.38. The topological polar surface area (TPSA) is 0 Å². The fourth-order valence-electron chi connectivity index (χ4n) is 2.05. The third kappa shape index (κ3) is 4.03. The van der Waals surface area contributed by atoms with Crippen LogP contribution in [0.3, 0.4) is 0 Å². The fourth-order valence-corrected chi connectivity index (χ4v) is 2.05. The van der Waals surface area contributed by atoms with E-state index in [9.17, 15) is 22.0 Å². The Morgan fingerprint density at radius 3 is 2.19 bits per heavy atom. The van der Waals surface area contributed by atoms with Crippen LogP contribution in [0, 0.1) is 18.6 Å². The molecule has 0 saturated heterocycles. The van der Waals surface area contributed by atoms with Crippen LogP contribution in [0.4, 0.5) is 22.0 Å². The van der Waals surface area contributed by atoms with Crippen molar-refractivity contribution >= 4 is 0 Å². The van der Waals surface area contributed by atoms with Crippen molar-refractivity contribution in [3.63, 3.8) is 0 Å². The van der Waals surface area contributed by atoms with Gasteiger partial charge in [0.05, 0.1) is 0 Å². The van der Waals surface area contributed by atoms with E-state index >= 15 is 0 Å². The highest BCUT2D eigenvalue weighted by Crippen LogP contribution is 2.27. The zero-order valence-corrected chi connectivity index (χ0v) is 11.3. The van der Waals surface area contributed by atoms with Crippen LogP contribution in [0.25, 0.3) is 11.1 Å². The lowest BCUT2D eigenvalue weighted by Crippen LogP contribution is -2.09. The van der Waals surface area contributed by atoms with Crippen LogP contribution in [0.1, 0.15) is 17.5 Å². The lowest BCUT2D eigenvalue weighted by molar-refractivity contribution is -0.134. The molecule has 2 rings (SSSR count). The first-order chi connectivity index (χ1) is 9.76. The van der Waals surface area contributed by atoms with E-state index in [1.54, 1.807) is 13.0 Å². The molecule has 0 saturated carbocycles. The molecule has 0 fully saturated rings. The minimum Gasteiger partial charge on any atom is -0.207 e. The third-order valence-electron chi connectivity index (χ3n) is 3.17. The van der Waals surface area contributed by atoms with Gasteiger partial charge >= 0.3 is 6.18 Å². The minimum atomic E-state index is -4.33. The van der Waals surface area contributed by atoms with Crippen molar-refractivity contribution in [2.45, 2.75) is 25.9 Å². The number of hydrogen-bond donors (Lipinski definition) is 0. The summed E-state index contributed by atoms with van der Waals surface area (Å²) in [6.45, 7) is 1.73. The van der Waals surface area contributed by atoms with Crippen LogP contribution >= 0.6 is 0 Å². The van der Waals surface area contributed by atoms with E-state index in [4.69, 9.17) is 0 Å².